The van der Waals surface area contributed by atoms with Gasteiger partial charge in [-0.25, -0.2) is 0 Å². The quantitative estimate of drug-likeness (QED) is 0.494. The summed E-state index contributed by atoms with van der Waals surface area (Å²) in [6.07, 6.45) is 6.36. The van der Waals surface area contributed by atoms with Crippen LogP contribution in [0.3, 0.4) is 0 Å². The summed E-state index contributed by atoms with van der Waals surface area (Å²) < 4.78 is 0. The fourth-order valence-corrected chi connectivity index (χ4v) is 2.49. The third-order valence-corrected chi connectivity index (χ3v) is 3.39. The summed E-state index contributed by atoms with van der Waals surface area (Å²) in [5.41, 5.74) is 8.70. The van der Waals surface area contributed by atoms with E-state index in [1.54, 1.807) is 7.11 Å². The number of nitrogens with two attached hydrogens (primary N) is 1. The van der Waals surface area contributed by atoms with Gasteiger partial charge in [-0.15, -0.1) is 0 Å². The largest absolute Gasteiger partial charge is 0.399 e. The molecule has 0 radical (unpaired) electrons. The second-order valence-corrected chi connectivity index (χ2v) is 4.62. The zero-order chi connectivity index (χ0) is 12.1. The molecule has 3 nitrogen and oxygen atoms in total. The predicted octanol–water partition coefficient (Wildman–Crippen LogP) is 3.20. The Kier molecular flexibility index (Phi) is 4.02. The molecule has 0 aliphatic heterocycles. The number of hydrogen-bond donors (Lipinski definition) is 1. The van der Waals surface area contributed by atoms with E-state index in [0.717, 1.165) is 17.0 Å². The van der Waals surface area contributed by atoms with Gasteiger partial charge in [0.2, 0.25) is 0 Å². The molecule has 0 unspecified atom stereocenters. The first kappa shape index (κ1) is 12.0. The lowest BCUT2D eigenvalue weighted by atomic mass is 9.83. The van der Waals surface area contributed by atoms with Crippen LogP contribution in [0.1, 0.15) is 37.7 Å². The maximum Gasteiger partial charge on any atom is 0.106 e. The average molecular weight is 232 g/mol. The third kappa shape index (κ3) is 2.99. The van der Waals surface area contributed by atoms with Crippen LogP contribution in [0, 0.1) is 5.92 Å². The van der Waals surface area contributed by atoms with Crippen LogP contribution in [0.4, 0.5) is 5.69 Å². The zero-order valence-corrected chi connectivity index (χ0v) is 10.4. The van der Waals surface area contributed by atoms with Crippen LogP contribution in [0.25, 0.3) is 0 Å². The minimum Gasteiger partial charge on any atom is -0.399 e. The van der Waals surface area contributed by atoms with Crippen molar-refractivity contribution in [2.75, 3.05) is 12.8 Å². The van der Waals surface area contributed by atoms with Crippen LogP contribution in [0.5, 0.6) is 0 Å². The number of nitrogens with zero attached hydrogens (tertiary/aromatic N) is 1. The monoisotopic (exact) mass is 232 g/mol. The highest BCUT2D eigenvalue weighted by atomic mass is 16.6. The maximum absolute atomic E-state index is 5.71. The van der Waals surface area contributed by atoms with Crippen molar-refractivity contribution in [3.8, 4) is 0 Å². The minimum atomic E-state index is 0.535. The minimum absolute atomic E-state index is 0.535. The number of hydrogen-bond acceptors (Lipinski definition) is 3. The van der Waals surface area contributed by atoms with E-state index in [-0.39, 0.29) is 0 Å². The average Bonchev–Trinajstić information content (AvgIpc) is 2.38. The van der Waals surface area contributed by atoms with Crippen LogP contribution in [-0.4, -0.2) is 12.8 Å². The van der Waals surface area contributed by atoms with E-state index in [4.69, 9.17) is 10.6 Å². The number of anilines is 1. The molecule has 0 spiro atoms. The molecule has 0 amide bonds. The summed E-state index contributed by atoms with van der Waals surface area (Å²) in [5, 5.41) is 4.22. The molecule has 1 aromatic carbocycles. The highest BCUT2D eigenvalue weighted by Gasteiger charge is 2.21. The van der Waals surface area contributed by atoms with Crippen LogP contribution >= 0.6 is 0 Å². The Hall–Kier alpha value is -1.51. The Morgan fingerprint density at radius 2 is 1.82 bits per heavy atom. The first-order valence-corrected chi connectivity index (χ1v) is 6.28. The molecule has 1 aromatic rings. The molecule has 2 rings (SSSR count). The Balaban J connectivity index is 2.22. The molecule has 0 saturated heterocycles. The lowest BCUT2D eigenvalue weighted by molar-refractivity contribution is 0.210. The predicted molar refractivity (Wildman–Crippen MR) is 71.0 cm³/mol. The fraction of sp³-hybridized carbons (Fsp3) is 0.500. The van der Waals surface area contributed by atoms with E-state index in [1.807, 2.05) is 24.3 Å². The second kappa shape index (κ2) is 5.71. The molecule has 0 atom stereocenters. The van der Waals surface area contributed by atoms with E-state index >= 15 is 0 Å². The SMILES string of the molecule is CO/N=C(/c1ccc(N)cc1)C1CCCCC1. The molecule has 1 aliphatic rings. The van der Waals surface area contributed by atoms with E-state index in [9.17, 15) is 0 Å². The van der Waals surface area contributed by atoms with Crippen molar-refractivity contribution in [2.24, 2.45) is 11.1 Å². The first-order valence-electron chi connectivity index (χ1n) is 6.28. The molecule has 1 aliphatic carbocycles. The highest BCUT2D eigenvalue weighted by Crippen LogP contribution is 2.27. The Labute approximate surface area is 103 Å². The van der Waals surface area contributed by atoms with E-state index in [1.165, 1.54) is 32.1 Å². The van der Waals surface area contributed by atoms with Crippen molar-refractivity contribution >= 4 is 11.4 Å². The van der Waals surface area contributed by atoms with Crippen molar-refractivity contribution in [1.29, 1.82) is 0 Å². The zero-order valence-electron chi connectivity index (χ0n) is 10.4. The molecular formula is C14H20N2O. The van der Waals surface area contributed by atoms with Gasteiger partial charge < -0.3 is 10.6 Å². The molecule has 0 heterocycles. The van der Waals surface area contributed by atoms with Gasteiger partial charge in [0.1, 0.15) is 7.11 Å². The Morgan fingerprint density at radius 3 is 2.41 bits per heavy atom. The molecular weight excluding hydrogens is 212 g/mol. The summed E-state index contributed by atoms with van der Waals surface area (Å²) in [6, 6.07) is 7.90. The standard InChI is InChI=1S/C14H20N2O/c1-17-16-14(11-5-3-2-4-6-11)12-7-9-13(15)10-8-12/h7-11H,2-6,15H2,1H3/b16-14+. The molecule has 3 heteroatoms. The van der Waals surface area contributed by atoms with Gasteiger partial charge in [-0.1, -0.05) is 36.6 Å². The van der Waals surface area contributed by atoms with E-state index in [2.05, 4.69) is 5.16 Å². The Morgan fingerprint density at radius 1 is 1.18 bits per heavy atom. The van der Waals surface area contributed by atoms with Crippen LogP contribution < -0.4 is 5.73 Å². The van der Waals surface area contributed by atoms with Gasteiger partial charge in [0.15, 0.2) is 0 Å². The van der Waals surface area contributed by atoms with Crippen LogP contribution in [-0.2, 0) is 4.84 Å². The summed E-state index contributed by atoms with van der Waals surface area (Å²) in [7, 11) is 1.61. The topological polar surface area (TPSA) is 47.6 Å². The lowest BCUT2D eigenvalue weighted by Crippen LogP contribution is -2.19. The van der Waals surface area contributed by atoms with Crippen molar-refractivity contribution in [3.05, 3.63) is 29.8 Å². The number of nitrogen functional groups attached to an aromatic ring is 1. The molecule has 2 N–H and O–H groups in total. The second-order valence-electron chi connectivity index (χ2n) is 4.62. The third-order valence-electron chi connectivity index (χ3n) is 3.39. The summed E-state index contributed by atoms with van der Waals surface area (Å²) in [6.45, 7) is 0. The molecule has 0 bridgehead atoms. The van der Waals surface area contributed by atoms with Gasteiger partial charge >= 0.3 is 0 Å². The van der Waals surface area contributed by atoms with Gasteiger partial charge in [0.25, 0.3) is 0 Å². The van der Waals surface area contributed by atoms with Crippen molar-refractivity contribution in [2.45, 2.75) is 32.1 Å². The molecule has 17 heavy (non-hydrogen) atoms. The normalized spacial score (nSPS) is 18.1. The highest BCUT2D eigenvalue weighted by molar-refractivity contribution is 6.02. The summed E-state index contributed by atoms with van der Waals surface area (Å²) in [5.74, 6) is 0.535. The van der Waals surface area contributed by atoms with Gasteiger partial charge in [0, 0.05) is 11.6 Å². The van der Waals surface area contributed by atoms with Gasteiger partial charge in [-0.05, 0) is 30.5 Å². The summed E-state index contributed by atoms with van der Waals surface area (Å²) in [4.78, 5) is 5.00. The van der Waals surface area contributed by atoms with E-state index in [0.29, 0.717) is 5.92 Å². The van der Waals surface area contributed by atoms with Crippen molar-refractivity contribution in [1.82, 2.24) is 0 Å². The molecule has 1 saturated carbocycles. The lowest BCUT2D eigenvalue weighted by Gasteiger charge is -2.23. The number of oxime groups is 1. The van der Waals surface area contributed by atoms with Crippen LogP contribution in [0.2, 0.25) is 0 Å². The van der Waals surface area contributed by atoms with Crippen molar-refractivity contribution in [3.63, 3.8) is 0 Å². The molecule has 92 valence electrons. The number of benzene rings is 1. The maximum atomic E-state index is 5.71. The van der Waals surface area contributed by atoms with Gasteiger partial charge in [-0.2, -0.15) is 0 Å². The smallest absolute Gasteiger partial charge is 0.106 e. The van der Waals surface area contributed by atoms with Gasteiger partial charge in [-0.3, -0.25) is 0 Å². The fourth-order valence-electron chi connectivity index (χ4n) is 2.49. The molecule has 1 fully saturated rings. The number of rotatable bonds is 3. The van der Waals surface area contributed by atoms with E-state index < -0.39 is 0 Å². The van der Waals surface area contributed by atoms with Crippen molar-refractivity contribution < 1.29 is 4.84 Å². The molecule has 0 aromatic heterocycles. The summed E-state index contributed by atoms with van der Waals surface area (Å²) >= 11 is 0. The first-order chi connectivity index (χ1) is 8.31. The van der Waals surface area contributed by atoms with Gasteiger partial charge in [0.05, 0.1) is 5.71 Å². The Bertz CT molecular complexity index is 378. The van der Waals surface area contributed by atoms with Crippen LogP contribution in [0.15, 0.2) is 29.4 Å².